The number of piperazine rings is 1. The first-order chi connectivity index (χ1) is 19.5. The first-order valence-corrected chi connectivity index (χ1v) is 13.5. The molecule has 1 aliphatic carbocycles. The van der Waals surface area contributed by atoms with Gasteiger partial charge in [-0.3, -0.25) is 9.59 Å². The number of nitrogens with zero attached hydrogens (tertiary/aromatic N) is 5. The molecule has 40 heavy (non-hydrogen) atoms. The molecule has 0 N–H and O–H groups in total. The highest BCUT2D eigenvalue weighted by molar-refractivity contribution is 5.96. The Balaban J connectivity index is 1.18. The molecule has 10 heteroatoms. The maximum absolute atomic E-state index is 13.2. The van der Waals surface area contributed by atoms with Gasteiger partial charge in [0.2, 0.25) is 5.91 Å². The third-order valence-corrected chi connectivity index (χ3v) is 7.42. The van der Waals surface area contributed by atoms with E-state index >= 15 is 0 Å². The SMILES string of the molecule is COc1ccc(C(=O)N(CC(=O)N2CCN(c3ccc(-c4ccc(OC)cc4OC)nn3)CC2)CC2CC2)cc1. The summed E-state index contributed by atoms with van der Waals surface area (Å²) in [5.74, 6) is 3.15. The van der Waals surface area contributed by atoms with Gasteiger partial charge in [0.25, 0.3) is 5.91 Å². The third kappa shape index (κ3) is 6.27. The molecule has 1 aliphatic heterocycles. The van der Waals surface area contributed by atoms with Gasteiger partial charge >= 0.3 is 0 Å². The van der Waals surface area contributed by atoms with Crippen LogP contribution in [0.4, 0.5) is 5.82 Å². The lowest BCUT2D eigenvalue weighted by Gasteiger charge is -2.36. The fourth-order valence-corrected chi connectivity index (χ4v) is 4.84. The van der Waals surface area contributed by atoms with Crippen molar-refractivity contribution in [1.82, 2.24) is 20.0 Å². The minimum atomic E-state index is -0.120. The largest absolute Gasteiger partial charge is 0.497 e. The lowest BCUT2D eigenvalue weighted by atomic mass is 10.1. The molecule has 2 fully saturated rings. The molecule has 2 aromatic carbocycles. The van der Waals surface area contributed by atoms with Crippen molar-refractivity contribution < 1.29 is 23.8 Å². The zero-order valence-corrected chi connectivity index (χ0v) is 23.2. The van der Waals surface area contributed by atoms with E-state index in [0.29, 0.717) is 67.1 Å². The number of methoxy groups -OCH3 is 3. The number of rotatable bonds is 10. The molecule has 0 spiro atoms. The van der Waals surface area contributed by atoms with Crippen LogP contribution in [0.5, 0.6) is 17.2 Å². The van der Waals surface area contributed by atoms with E-state index in [1.165, 1.54) is 0 Å². The van der Waals surface area contributed by atoms with Crippen LogP contribution in [-0.4, -0.2) is 92.4 Å². The minimum Gasteiger partial charge on any atom is -0.497 e. The van der Waals surface area contributed by atoms with Crippen molar-refractivity contribution >= 4 is 17.6 Å². The molecule has 2 heterocycles. The fraction of sp³-hybridized carbons (Fsp3) is 0.400. The van der Waals surface area contributed by atoms with E-state index in [1.54, 1.807) is 50.5 Å². The summed E-state index contributed by atoms with van der Waals surface area (Å²) < 4.78 is 16.0. The second kappa shape index (κ2) is 12.2. The molecule has 10 nitrogen and oxygen atoms in total. The van der Waals surface area contributed by atoms with Gasteiger partial charge in [-0.25, -0.2) is 0 Å². The van der Waals surface area contributed by atoms with Crippen molar-refractivity contribution in [3.63, 3.8) is 0 Å². The molecule has 1 saturated carbocycles. The normalized spacial score (nSPS) is 15.0. The number of hydrogen-bond donors (Lipinski definition) is 0. The molecule has 2 aliphatic rings. The summed E-state index contributed by atoms with van der Waals surface area (Å²) >= 11 is 0. The number of anilines is 1. The van der Waals surface area contributed by atoms with Crippen molar-refractivity contribution in [1.29, 1.82) is 0 Å². The number of carbonyl (C=O) groups is 2. The fourth-order valence-electron chi connectivity index (χ4n) is 4.84. The van der Waals surface area contributed by atoms with Crippen molar-refractivity contribution in [3.05, 3.63) is 60.2 Å². The van der Waals surface area contributed by atoms with Gasteiger partial charge in [0.15, 0.2) is 5.82 Å². The highest BCUT2D eigenvalue weighted by atomic mass is 16.5. The molecule has 3 aromatic rings. The first-order valence-electron chi connectivity index (χ1n) is 13.5. The lowest BCUT2D eigenvalue weighted by molar-refractivity contribution is -0.132. The van der Waals surface area contributed by atoms with Crippen molar-refractivity contribution in [2.45, 2.75) is 12.8 Å². The molecular formula is C30H35N5O5. The Morgan fingerprint density at radius 3 is 2.15 bits per heavy atom. The van der Waals surface area contributed by atoms with Gasteiger partial charge in [-0.05, 0) is 67.3 Å². The Kier molecular flexibility index (Phi) is 8.33. The Hall–Kier alpha value is -4.34. The van der Waals surface area contributed by atoms with Gasteiger partial charge in [-0.1, -0.05) is 0 Å². The number of ether oxygens (including phenoxy) is 3. The third-order valence-electron chi connectivity index (χ3n) is 7.42. The second-order valence-corrected chi connectivity index (χ2v) is 10.1. The molecule has 2 amide bonds. The average Bonchev–Trinajstić information content (AvgIpc) is 3.84. The zero-order chi connectivity index (χ0) is 28.1. The van der Waals surface area contributed by atoms with E-state index in [1.807, 2.05) is 35.2 Å². The molecule has 1 saturated heterocycles. The minimum absolute atomic E-state index is 0.0322. The van der Waals surface area contributed by atoms with Crippen LogP contribution in [0, 0.1) is 5.92 Å². The number of hydrogen-bond acceptors (Lipinski definition) is 8. The molecular weight excluding hydrogens is 510 g/mol. The van der Waals surface area contributed by atoms with Crippen LogP contribution in [0.2, 0.25) is 0 Å². The summed E-state index contributed by atoms with van der Waals surface area (Å²) in [6, 6.07) is 16.5. The van der Waals surface area contributed by atoms with Crippen LogP contribution in [-0.2, 0) is 4.79 Å². The highest BCUT2D eigenvalue weighted by Crippen LogP contribution is 2.33. The second-order valence-electron chi connectivity index (χ2n) is 10.1. The van der Waals surface area contributed by atoms with Crippen molar-refractivity contribution in [3.8, 4) is 28.5 Å². The van der Waals surface area contributed by atoms with Gasteiger partial charge in [0.05, 0.1) is 27.0 Å². The number of amides is 2. The van der Waals surface area contributed by atoms with Crippen molar-refractivity contribution in [2.75, 3.05) is 65.5 Å². The summed E-state index contributed by atoms with van der Waals surface area (Å²) in [6.07, 6.45) is 2.20. The molecule has 0 atom stereocenters. The van der Waals surface area contributed by atoms with E-state index in [0.717, 1.165) is 24.2 Å². The molecule has 1 aromatic heterocycles. The van der Waals surface area contributed by atoms with Crippen LogP contribution in [0.3, 0.4) is 0 Å². The zero-order valence-electron chi connectivity index (χ0n) is 23.2. The molecule has 210 valence electrons. The summed E-state index contributed by atoms with van der Waals surface area (Å²) in [5, 5.41) is 8.88. The number of carbonyl (C=O) groups excluding carboxylic acids is 2. The van der Waals surface area contributed by atoms with Crippen LogP contribution >= 0.6 is 0 Å². The number of aromatic nitrogens is 2. The van der Waals surface area contributed by atoms with E-state index in [-0.39, 0.29) is 18.4 Å². The molecule has 0 bridgehead atoms. The first kappa shape index (κ1) is 27.2. The van der Waals surface area contributed by atoms with Gasteiger partial charge in [0.1, 0.15) is 23.8 Å². The molecule has 0 unspecified atom stereocenters. The van der Waals surface area contributed by atoms with Gasteiger partial charge in [0, 0.05) is 49.9 Å². The Labute approximate surface area is 234 Å². The highest BCUT2D eigenvalue weighted by Gasteiger charge is 2.31. The van der Waals surface area contributed by atoms with Gasteiger partial charge in [-0.15, -0.1) is 10.2 Å². The molecule has 5 rings (SSSR count). The summed E-state index contributed by atoms with van der Waals surface area (Å²) in [5.41, 5.74) is 2.10. The average molecular weight is 546 g/mol. The van der Waals surface area contributed by atoms with E-state index in [2.05, 4.69) is 15.1 Å². The Morgan fingerprint density at radius 1 is 0.850 bits per heavy atom. The maximum atomic E-state index is 13.2. The standard InChI is InChI=1S/C30H35N5O5/c1-38-23-8-6-22(7-9-23)30(37)35(19-21-4-5-21)20-29(36)34-16-14-33(15-17-34)28-13-12-26(31-32-28)25-11-10-24(39-2)18-27(25)40-3/h6-13,18,21H,4-5,14-17,19-20H2,1-3H3. The Bertz CT molecular complexity index is 1320. The predicted octanol–water partition coefficient (Wildman–Crippen LogP) is 3.37. The molecule has 0 radical (unpaired) electrons. The quantitative estimate of drug-likeness (QED) is 0.383. The monoisotopic (exact) mass is 545 g/mol. The van der Waals surface area contributed by atoms with Crippen LogP contribution in [0.1, 0.15) is 23.2 Å². The van der Waals surface area contributed by atoms with Gasteiger partial charge < -0.3 is 28.9 Å². The smallest absolute Gasteiger partial charge is 0.254 e. The predicted molar refractivity (Wildman–Crippen MR) is 151 cm³/mol. The number of benzene rings is 2. The van der Waals surface area contributed by atoms with E-state index < -0.39 is 0 Å². The maximum Gasteiger partial charge on any atom is 0.254 e. The summed E-state index contributed by atoms with van der Waals surface area (Å²) in [4.78, 5) is 32.1. The van der Waals surface area contributed by atoms with Crippen LogP contribution < -0.4 is 19.1 Å². The van der Waals surface area contributed by atoms with Crippen LogP contribution in [0.25, 0.3) is 11.3 Å². The van der Waals surface area contributed by atoms with E-state index in [9.17, 15) is 9.59 Å². The summed E-state index contributed by atoms with van der Waals surface area (Å²) in [6.45, 7) is 3.09. The van der Waals surface area contributed by atoms with E-state index in [4.69, 9.17) is 14.2 Å². The van der Waals surface area contributed by atoms with Gasteiger partial charge in [-0.2, -0.15) is 0 Å². The topological polar surface area (TPSA) is 97.3 Å². The Morgan fingerprint density at radius 2 is 1.55 bits per heavy atom. The summed E-state index contributed by atoms with van der Waals surface area (Å²) in [7, 11) is 4.82. The van der Waals surface area contributed by atoms with Crippen LogP contribution in [0.15, 0.2) is 54.6 Å². The van der Waals surface area contributed by atoms with Crippen molar-refractivity contribution in [2.24, 2.45) is 5.92 Å². The lowest BCUT2D eigenvalue weighted by Crippen LogP contribution is -2.52.